The molecule has 0 saturated heterocycles. The highest BCUT2D eigenvalue weighted by Gasteiger charge is 2.14. The van der Waals surface area contributed by atoms with Crippen molar-refractivity contribution in [2.75, 3.05) is 6.61 Å². The minimum absolute atomic E-state index is 0.169. The summed E-state index contributed by atoms with van der Waals surface area (Å²) < 4.78 is 4.73. The molecule has 0 heterocycles. The molecule has 0 radical (unpaired) electrons. The third kappa shape index (κ3) is 4.58. The molecule has 0 atom stereocenters. The van der Waals surface area contributed by atoms with E-state index in [1.807, 2.05) is 0 Å². The van der Waals surface area contributed by atoms with Crippen molar-refractivity contribution in [1.29, 1.82) is 0 Å². The zero-order chi connectivity index (χ0) is 14.4. The summed E-state index contributed by atoms with van der Waals surface area (Å²) in [5, 5.41) is 3.01. The molecule has 0 bridgehead atoms. The summed E-state index contributed by atoms with van der Waals surface area (Å²) in [6.45, 7) is 3.54. The number of hydrogen-bond acceptors (Lipinski definition) is 3. The van der Waals surface area contributed by atoms with Gasteiger partial charge < -0.3 is 10.1 Å². The first-order valence-electron chi connectivity index (χ1n) is 5.56. The van der Waals surface area contributed by atoms with Gasteiger partial charge in [-0.15, -0.1) is 0 Å². The molecule has 0 aromatic heterocycles. The molecule has 1 N–H and O–H groups in total. The van der Waals surface area contributed by atoms with Crippen LogP contribution in [0.15, 0.2) is 30.0 Å². The van der Waals surface area contributed by atoms with Crippen molar-refractivity contribution in [3.05, 3.63) is 45.6 Å². The molecular formula is C13H13Cl2NO3. The van der Waals surface area contributed by atoms with Gasteiger partial charge in [-0.1, -0.05) is 29.3 Å². The van der Waals surface area contributed by atoms with Crippen LogP contribution in [0.3, 0.4) is 0 Å². The molecule has 1 rings (SSSR count). The number of ether oxygens (including phenoxy) is 1. The lowest BCUT2D eigenvalue weighted by molar-refractivity contribution is -0.137. The third-order valence-corrected chi connectivity index (χ3v) is 2.75. The van der Waals surface area contributed by atoms with Gasteiger partial charge in [0.25, 0.3) is 5.91 Å². The lowest BCUT2D eigenvalue weighted by Gasteiger charge is -2.08. The van der Waals surface area contributed by atoms with E-state index in [4.69, 9.17) is 27.9 Å². The highest BCUT2D eigenvalue weighted by molar-refractivity contribution is 6.39. The van der Waals surface area contributed by atoms with Crippen LogP contribution in [0.5, 0.6) is 0 Å². The highest BCUT2D eigenvalue weighted by Crippen LogP contribution is 2.24. The van der Waals surface area contributed by atoms with Crippen molar-refractivity contribution in [3.8, 4) is 0 Å². The normalized spacial score (nSPS) is 11.1. The maximum Gasteiger partial charge on any atom is 0.332 e. The number of nitrogens with one attached hydrogen (secondary N) is 1. The van der Waals surface area contributed by atoms with E-state index in [0.717, 1.165) is 0 Å². The molecule has 19 heavy (non-hydrogen) atoms. The summed E-state index contributed by atoms with van der Waals surface area (Å²) in [5.74, 6) is -1.00. The number of hydrogen-bond donors (Lipinski definition) is 1. The van der Waals surface area contributed by atoms with E-state index >= 15 is 0 Å². The number of allylic oxidation sites excluding steroid dienone is 1. The molecular weight excluding hydrogens is 289 g/mol. The van der Waals surface area contributed by atoms with E-state index in [1.54, 1.807) is 32.0 Å². The van der Waals surface area contributed by atoms with Crippen LogP contribution in [0.25, 0.3) is 0 Å². The van der Waals surface area contributed by atoms with E-state index in [2.05, 4.69) is 5.32 Å². The second kappa shape index (κ2) is 7.16. The van der Waals surface area contributed by atoms with Gasteiger partial charge >= 0.3 is 5.97 Å². The first kappa shape index (κ1) is 15.5. The highest BCUT2D eigenvalue weighted by atomic mass is 35.5. The minimum Gasteiger partial charge on any atom is -0.463 e. The molecule has 102 valence electrons. The Labute approximate surface area is 121 Å². The van der Waals surface area contributed by atoms with Gasteiger partial charge in [0.2, 0.25) is 0 Å². The van der Waals surface area contributed by atoms with Crippen LogP contribution in [-0.2, 0) is 9.53 Å². The molecule has 0 aliphatic heterocycles. The minimum atomic E-state index is -0.523. The van der Waals surface area contributed by atoms with Crippen molar-refractivity contribution in [3.63, 3.8) is 0 Å². The topological polar surface area (TPSA) is 55.4 Å². The van der Waals surface area contributed by atoms with Gasteiger partial charge in [-0.3, -0.25) is 4.79 Å². The fourth-order valence-electron chi connectivity index (χ4n) is 1.35. The molecule has 1 aromatic carbocycles. The van der Waals surface area contributed by atoms with Gasteiger partial charge in [0.15, 0.2) is 0 Å². The largest absolute Gasteiger partial charge is 0.463 e. The molecule has 1 aromatic rings. The second-order valence-electron chi connectivity index (χ2n) is 3.63. The fourth-order valence-corrected chi connectivity index (χ4v) is 1.92. The van der Waals surface area contributed by atoms with Crippen molar-refractivity contribution < 1.29 is 14.3 Å². The van der Waals surface area contributed by atoms with Crippen molar-refractivity contribution in [1.82, 2.24) is 5.32 Å². The zero-order valence-corrected chi connectivity index (χ0v) is 12.0. The van der Waals surface area contributed by atoms with Gasteiger partial charge in [-0.05, 0) is 26.0 Å². The van der Waals surface area contributed by atoms with E-state index in [-0.39, 0.29) is 22.2 Å². The summed E-state index contributed by atoms with van der Waals surface area (Å²) in [5.41, 5.74) is 0.516. The molecule has 0 saturated carbocycles. The first-order valence-corrected chi connectivity index (χ1v) is 6.31. The van der Waals surface area contributed by atoms with Crippen molar-refractivity contribution in [2.24, 2.45) is 0 Å². The van der Waals surface area contributed by atoms with Crippen molar-refractivity contribution in [2.45, 2.75) is 13.8 Å². The standard InChI is InChI=1S/C13H13Cl2NO3/c1-3-19-11(17)7-8(2)16-13(18)12-9(14)5-4-6-10(12)15/h4-7H,3H2,1-2H3,(H,16,18). The summed E-state index contributed by atoms with van der Waals surface area (Å²) in [4.78, 5) is 23.2. The van der Waals surface area contributed by atoms with E-state index in [1.165, 1.54) is 6.08 Å². The molecule has 4 nitrogen and oxygen atoms in total. The van der Waals surface area contributed by atoms with Gasteiger partial charge in [0.1, 0.15) is 0 Å². The Bertz CT molecular complexity index is 506. The average molecular weight is 302 g/mol. The lowest BCUT2D eigenvalue weighted by atomic mass is 10.2. The second-order valence-corrected chi connectivity index (χ2v) is 4.44. The predicted molar refractivity (Wildman–Crippen MR) is 74.3 cm³/mol. The van der Waals surface area contributed by atoms with Crippen LogP contribution < -0.4 is 5.32 Å². The maximum absolute atomic E-state index is 12.0. The Morgan fingerprint density at radius 2 is 1.89 bits per heavy atom. The summed E-state index contributed by atoms with van der Waals surface area (Å²) in [6, 6.07) is 4.77. The summed E-state index contributed by atoms with van der Waals surface area (Å²) in [6.07, 6.45) is 1.19. The Balaban J connectivity index is 2.83. The zero-order valence-electron chi connectivity index (χ0n) is 10.5. The molecule has 6 heteroatoms. The summed E-state index contributed by atoms with van der Waals surface area (Å²) in [7, 11) is 0. The number of halogens is 2. The first-order chi connectivity index (χ1) is 8.95. The summed E-state index contributed by atoms with van der Waals surface area (Å²) >= 11 is 11.8. The van der Waals surface area contributed by atoms with Crippen LogP contribution in [0.1, 0.15) is 24.2 Å². The SMILES string of the molecule is CCOC(=O)C=C(C)NC(=O)c1c(Cl)cccc1Cl. The number of rotatable bonds is 4. The molecule has 1 amide bonds. The fraction of sp³-hybridized carbons (Fsp3) is 0.231. The third-order valence-electron chi connectivity index (χ3n) is 2.12. The van der Waals surface area contributed by atoms with Crippen molar-refractivity contribution >= 4 is 35.1 Å². The number of amides is 1. The number of esters is 1. The molecule has 0 aliphatic carbocycles. The van der Waals surface area contributed by atoms with E-state index < -0.39 is 11.9 Å². The molecule has 0 unspecified atom stereocenters. The Morgan fingerprint density at radius 1 is 1.32 bits per heavy atom. The van der Waals surface area contributed by atoms with Crippen LogP contribution in [-0.4, -0.2) is 18.5 Å². The van der Waals surface area contributed by atoms with E-state index in [9.17, 15) is 9.59 Å². The Hall–Kier alpha value is -1.52. The average Bonchev–Trinajstić information content (AvgIpc) is 2.28. The molecule has 0 fully saturated rings. The Kier molecular flexibility index (Phi) is 5.86. The number of carbonyl (C=O) groups excluding carboxylic acids is 2. The molecule has 0 aliphatic rings. The smallest absolute Gasteiger partial charge is 0.332 e. The van der Waals surface area contributed by atoms with Gasteiger partial charge in [-0.25, -0.2) is 4.79 Å². The lowest BCUT2D eigenvalue weighted by Crippen LogP contribution is -2.23. The van der Waals surface area contributed by atoms with Crippen LogP contribution in [0.4, 0.5) is 0 Å². The van der Waals surface area contributed by atoms with Crippen LogP contribution in [0, 0.1) is 0 Å². The number of carbonyl (C=O) groups is 2. The number of benzene rings is 1. The molecule has 0 spiro atoms. The van der Waals surface area contributed by atoms with Crippen LogP contribution in [0.2, 0.25) is 10.0 Å². The monoisotopic (exact) mass is 301 g/mol. The maximum atomic E-state index is 12.0. The van der Waals surface area contributed by atoms with Gasteiger partial charge in [0.05, 0.1) is 22.2 Å². The van der Waals surface area contributed by atoms with E-state index in [0.29, 0.717) is 5.70 Å². The van der Waals surface area contributed by atoms with Gasteiger partial charge in [0, 0.05) is 11.8 Å². The Morgan fingerprint density at radius 3 is 2.42 bits per heavy atom. The van der Waals surface area contributed by atoms with Gasteiger partial charge in [-0.2, -0.15) is 0 Å². The van der Waals surface area contributed by atoms with Crippen LogP contribution >= 0.6 is 23.2 Å². The quantitative estimate of drug-likeness (QED) is 0.686. The predicted octanol–water partition coefficient (Wildman–Crippen LogP) is 3.19.